The Morgan fingerprint density at radius 1 is 0.667 bits per heavy atom. The highest BCUT2D eigenvalue weighted by molar-refractivity contribution is 5.81. The second kappa shape index (κ2) is 8.47. The largest absolute Gasteiger partial charge is 0.206 e. The maximum Gasteiger partial charge on any atom is 0.134 e. The molecule has 0 amide bonds. The molecule has 4 rings (SSSR count). The number of halogens is 2. The lowest BCUT2D eigenvalue weighted by molar-refractivity contribution is 0.441. The zero-order valence-electron chi connectivity index (χ0n) is 16.5. The average Bonchev–Trinajstić information content (AvgIpc) is 2.79. The Kier molecular flexibility index (Phi) is 5.59. The van der Waals surface area contributed by atoms with Gasteiger partial charge in [0.15, 0.2) is 0 Å². The van der Waals surface area contributed by atoms with E-state index in [1.807, 2.05) is 0 Å². The quantitative estimate of drug-likeness (QED) is 0.473. The monoisotopic (exact) mass is 398 g/mol. The Labute approximate surface area is 175 Å². The van der Waals surface area contributed by atoms with E-state index in [1.54, 1.807) is 48.5 Å². The fraction of sp³-hybridized carbons (Fsp3) is 0.231. The van der Waals surface area contributed by atoms with E-state index in [4.69, 9.17) is 10.5 Å². The van der Waals surface area contributed by atoms with E-state index >= 15 is 8.78 Å². The maximum absolute atomic E-state index is 15.2. The van der Waals surface area contributed by atoms with Crippen LogP contribution in [0, 0.1) is 34.3 Å². The molecule has 0 bridgehead atoms. The van der Waals surface area contributed by atoms with Gasteiger partial charge in [-0.25, -0.2) is 8.78 Å². The summed E-state index contributed by atoms with van der Waals surface area (Å²) in [6, 6.07) is 18.6. The highest BCUT2D eigenvalue weighted by atomic mass is 19.1. The van der Waals surface area contributed by atoms with E-state index in [9.17, 15) is 0 Å². The van der Waals surface area contributed by atoms with Crippen LogP contribution in [0.25, 0.3) is 22.3 Å². The number of rotatable bonds is 3. The number of nitrogens with zero attached hydrogens (tertiary/aromatic N) is 2. The van der Waals surface area contributed by atoms with Crippen LogP contribution in [0.5, 0.6) is 0 Å². The first-order chi connectivity index (χ1) is 14.6. The van der Waals surface area contributed by atoms with Crippen LogP contribution in [-0.4, -0.2) is 0 Å². The van der Waals surface area contributed by atoms with Crippen LogP contribution in [0.2, 0.25) is 0 Å². The molecule has 2 nitrogen and oxygen atoms in total. The van der Waals surface area contributed by atoms with Crippen molar-refractivity contribution in [1.82, 2.24) is 0 Å². The van der Waals surface area contributed by atoms with Gasteiger partial charge in [0.05, 0.1) is 23.3 Å². The van der Waals surface area contributed by atoms with Gasteiger partial charge in [0, 0.05) is 17.2 Å². The molecule has 0 radical (unpaired) electrons. The highest BCUT2D eigenvalue weighted by Gasteiger charge is 2.28. The predicted octanol–water partition coefficient (Wildman–Crippen LogP) is 7.09. The third-order valence-corrected chi connectivity index (χ3v) is 5.89. The first-order valence-electron chi connectivity index (χ1n) is 10.2. The summed E-state index contributed by atoms with van der Waals surface area (Å²) < 4.78 is 30.4. The number of nitriles is 2. The van der Waals surface area contributed by atoms with Crippen LogP contribution in [0.1, 0.15) is 54.7 Å². The van der Waals surface area contributed by atoms with Gasteiger partial charge in [-0.2, -0.15) is 10.5 Å². The first kappa shape index (κ1) is 19.8. The maximum atomic E-state index is 15.2. The summed E-state index contributed by atoms with van der Waals surface area (Å²) in [5.74, 6) is -1.12. The van der Waals surface area contributed by atoms with E-state index < -0.39 is 11.6 Å². The van der Waals surface area contributed by atoms with E-state index in [0.717, 1.165) is 38.2 Å². The summed E-state index contributed by atoms with van der Waals surface area (Å²) in [6.07, 6.45) is 4.96. The normalized spacial score (nSPS) is 14.1. The summed E-state index contributed by atoms with van der Waals surface area (Å²) in [7, 11) is 0. The molecule has 30 heavy (non-hydrogen) atoms. The zero-order valence-corrected chi connectivity index (χ0v) is 16.5. The molecule has 148 valence electrons. The molecule has 3 aromatic carbocycles. The van der Waals surface area contributed by atoms with Crippen molar-refractivity contribution >= 4 is 0 Å². The number of benzene rings is 3. The van der Waals surface area contributed by atoms with Gasteiger partial charge in [0.2, 0.25) is 0 Å². The minimum absolute atomic E-state index is 0.0558. The van der Waals surface area contributed by atoms with Crippen LogP contribution >= 0.6 is 0 Å². The molecule has 0 saturated heterocycles. The number of hydrogen-bond acceptors (Lipinski definition) is 2. The van der Waals surface area contributed by atoms with Gasteiger partial charge in [-0.1, -0.05) is 43.5 Å². The minimum atomic E-state index is -0.588. The van der Waals surface area contributed by atoms with Gasteiger partial charge in [-0.15, -0.1) is 0 Å². The standard InChI is InChI=1S/C26H20F2N2/c27-22-14-23(28)25(21-12-8-18(16-30)9-13-21)26(19-4-2-1-3-5-19)24(22)20-10-6-17(15-29)7-11-20/h6-14,19H,1-5H2. The molecule has 0 N–H and O–H groups in total. The predicted molar refractivity (Wildman–Crippen MR) is 112 cm³/mol. The molecule has 0 aromatic heterocycles. The molecule has 1 aliphatic rings. The van der Waals surface area contributed by atoms with Crippen molar-refractivity contribution in [1.29, 1.82) is 10.5 Å². The zero-order chi connectivity index (χ0) is 21.1. The van der Waals surface area contributed by atoms with Crippen LogP contribution < -0.4 is 0 Å². The Morgan fingerprint density at radius 2 is 1.10 bits per heavy atom. The molecule has 1 fully saturated rings. The molecule has 0 atom stereocenters. The topological polar surface area (TPSA) is 47.6 Å². The van der Waals surface area contributed by atoms with E-state index in [-0.39, 0.29) is 5.92 Å². The summed E-state index contributed by atoms with van der Waals surface area (Å²) in [4.78, 5) is 0. The fourth-order valence-corrected chi connectivity index (χ4v) is 4.45. The molecule has 0 spiro atoms. The lowest BCUT2D eigenvalue weighted by atomic mass is 9.77. The lowest BCUT2D eigenvalue weighted by Gasteiger charge is -2.28. The Hall–Kier alpha value is -3.50. The van der Waals surface area contributed by atoms with Crippen molar-refractivity contribution in [3.05, 3.63) is 82.9 Å². The Bertz CT molecular complexity index is 1060. The SMILES string of the molecule is N#Cc1ccc(-c2c(F)cc(F)c(-c3ccc(C#N)cc3)c2C2CCCCC2)cc1. The minimum Gasteiger partial charge on any atom is -0.206 e. The van der Waals surface area contributed by atoms with Crippen LogP contribution in [0.15, 0.2) is 54.6 Å². The van der Waals surface area contributed by atoms with Gasteiger partial charge in [-0.3, -0.25) is 0 Å². The van der Waals surface area contributed by atoms with Crippen LogP contribution in [0.4, 0.5) is 8.78 Å². The third kappa shape index (κ3) is 3.70. The van der Waals surface area contributed by atoms with E-state index in [0.29, 0.717) is 38.9 Å². The third-order valence-electron chi connectivity index (χ3n) is 5.89. The van der Waals surface area contributed by atoms with E-state index in [2.05, 4.69) is 12.1 Å². The van der Waals surface area contributed by atoms with Crippen molar-refractivity contribution in [2.45, 2.75) is 38.0 Å². The van der Waals surface area contributed by atoms with Crippen molar-refractivity contribution in [3.63, 3.8) is 0 Å². The summed E-state index contributed by atoms with van der Waals surface area (Å²) in [5.41, 5.74) is 3.78. The molecule has 0 heterocycles. The number of hydrogen-bond donors (Lipinski definition) is 0. The average molecular weight is 398 g/mol. The van der Waals surface area contributed by atoms with Gasteiger partial charge in [0.25, 0.3) is 0 Å². The summed E-state index contributed by atoms with van der Waals surface area (Å²) in [5, 5.41) is 18.2. The molecule has 0 unspecified atom stereocenters. The summed E-state index contributed by atoms with van der Waals surface area (Å²) in [6.45, 7) is 0. The van der Waals surface area contributed by atoms with Gasteiger partial charge in [0.1, 0.15) is 11.6 Å². The van der Waals surface area contributed by atoms with Gasteiger partial charge in [-0.05, 0) is 59.7 Å². The van der Waals surface area contributed by atoms with Gasteiger partial charge < -0.3 is 0 Å². The Morgan fingerprint density at radius 3 is 1.50 bits per heavy atom. The smallest absolute Gasteiger partial charge is 0.134 e. The Balaban J connectivity index is 1.98. The lowest BCUT2D eigenvalue weighted by Crippen LogP contribution is -2.10. The van der Waals surface area contributed by atoms with Crippen molar-refractivity contribution in [2.24, 2.45) is 0 Å². The molecule has 0 aliphatic heterocycles. The molecule has 4 heteroatoms. The van der Waals surface area contributed by atoms with Crippen LogP contribution in [0.3, 0.4) is 0 Å². The first-order valence-corrected chi connectivity index (χ1v) is 10.2. The second-order valence-corrected chi connectivity index (χ2v) is 7.72. The molecular weight excluding hydrogens is 378 g/mol. The fourth-order valence-electron chi connectivity index (χ4n) is 4.45. The highest BCUT2D eigenvalue weighted by Crippen LogP contribution is 2.45. The van der Waals surface area contributed by atoms with Crippen molar-refractivity contribution < 1.29 is 8.78 Å². The second-order valence-electron chi connectivity index (χ2n) is 7.72. The molecule has 1 aliphatic carbocycles. The molecular formula is C26H20F2N2. The van der Waals surface area contributed by atoms with E-state index in [1.165, 1.54) is 0 Å². The molecule has 3 aromatic rings. The molecule has 1 saturated carbocycles. The van der Waals surface area contributed by atoms with Crippen molar-refractivity contribution in [2.75, 3.05) is 0 Å². The van der Waals surface area contributed by atoms with Crippen LogP contribution in [-0.2, 0) is 0 Å². The van der Waals surface area contributed by atoms with Crippen molar-refractivity contribution in [3.8, 4) is 34.4 Å². The summed E-state index contributed by atoms with van der Waals surface area (Å²) >= 11 is 0. The van der Waals surface area contributed by atoms with Gasteiger partial charge >= 0.3 is 0 Å².